The van der Waals surface area contributed by atoms with Crippen molar-refractivity contribution in [2.24, 2.45) is 10.9 Å². The van der Waals surface area contributed by atoms with E-state index in [2.05, 4.69) is 39.3 Å². The molecule has 0 N–H and O–H groups in total. The molecule has 0 aromatic heterocycles. The van der Waals surface area contributed by atoms with Gasteiger partial charge in [-0.25, -0.2) is 4.99 Å². The van der Waals surface area contributed by atoms with E-state index >= 15 is 0 Å². The van der Waals surface area contributed by atoms with Crippen molar-refractivity contribution < 1.29 is 0 Å². The molecular weight excluding hydrogens is 252 g/mol. The highest BCUT2D eigenvalue weighted by Crippen LogP contribution is 2.20. The van der Waals surface area contributed by atoms with Crippen molar-refractivity contribution in [2.75, 3.05) is 18.4 Å². The number of aliphatic imine (C=N–C) groups is 1. The standard InChI is InChI=1S/C12H19BrN2/c1-3-5-12(14-8-4-7-13)15-9-6-11(2)10-15/h3,5,8,11H,1,4,6-7,9-10H2,2H3/b12-5+,14-8-. The molecule has 0 radical (unpaired) electrons. The molecular formula is C12H19BrN2. The van der Waals surface area contributed by atoms with Crippen molar-refractivity contribution in [1.29, 1.82) is 0 Å². The van der Waals surface area contributed by atoms with Crippen LogP contribution < -0.4 is 0 Å². The topological polar surface area (TPSA) is 15.6 Å². The number of hydrogen-bond acceptors (Lipinski definition) is 2. The molecule has 0 aromatic carbocycles. The quantitative estimate of drug-likeness (QED) is 0.426. The molecule has 1 unspecified atom stereocenters. The van der Waals surface area contributed by atoms with Crippen LogP contribution in [0.25, 0.3) is 0 Å². The summed E-state index contributed by atoms with van der Waals surface area (Å²) >= 11 is 3.39. The molecule has 1 aliphatic heterocycles. The summed E-state index contributed by atoms with van der Waals surface area (Å²) in [5.74, 6) is 1.83. The van der Waals surface area contributed by atoms with E-state index in [1.807, 2.05) is 18.4 Å². The van der Waals surface area contributed by atoms with Gasteiger partial charge in [-0.2, -0.15) is 0 Å². The highest BCUT2D eigenvalue weighted by molar-refractivity contribution is 9.09. The summed E-state index contributed by atoms with van der Waals surface area (Å²) in [6.45, 7) is 8.25. The van der Waals surface area contributed by atoms with Gasteiger partial charge in [0.2, 0.25) is 0 Å². The molecule has 1 fully saturated rings. The van der Waals surface area contributed by atoms with Crippen LogP contribution in [0, 0.1) is 5.92 Å². The third-order valence-corrected chi connectivity index (χ3v) is 2.93. The Bertz CT molecular complexity index is 258. The molecule has 2 nitrogen and oxygen atoms in total. The molecule has 1 heterocycles. The molecule has 0 amide bonds. The monoisotopic (exact) mass is 270 g/mol. The van der Waals surface area contributed by atoms with E-state index in [1.54, 1.807) is 0 Å². The molecule has 15 heavy (non-hydrogen) atoms. The van der Waals surface area contributed by atoms with Crippen LogP contribution in [0.4, 0.5) is 0 Å². The van der Waals surface area contributed by atoms with E-state index in [-0.39, 0.29) is 0 Å². The third-order valence-electron chi connectivity index (χ3n) is 2.48. The summed E-state index contributed by atoms with van der Waals surface area (Å²) in [5.41, 5.74) is 0. The Morgan fingerprint density at radius 3 is 3.00 bits per heavy atom. The molecule has 0 bridgehead atoms. The Morgan fingerprint density at radius 2 is 2.47 bits per heavy atom. The first-order valence-corrected chi connectivity index (χ1v) is 6.56. The highest BCUT2D eigenvalue weighted by atomic mass is 79.9. The van der Waals surface area contributed by atoms with E-state index < -0.39 is 0 Å². The summed E-state index contributed by atoms with van der Waals surface area (Å²) in [6.07, 6.45) is 8.00. The zero-order valence-corrected chi connectivity index (χ0v) is 10.9. The Labute approximate surface area is 101 Å². The Hall–Kier alpha value is -0.570. The number of hydrogen-bond donors (Lipinski definition) is 0. The zero-order chi connectivity index (χ0) is 11.1. The lowest BCUT2D eigenvalue weighted by Gasteiger charge is -2.17. The molecule has 0 saturated carbocycles. The zero-order valence-electron chi connectivity index (χ0n) is 9.32. The SMILES string of the molecule is C=C/C=C(\N=C/CCBr)N1CCC(C)C1. The van der Waals surface area contributed by atoms with Gasteiger partial charge in [0.25, 0.3) is 0 Å². The average Bonchev–Trinajstić information content (AvgIpc) is 2.64. The third kappa shape index (κ3) is 4.20. The molecule has 84 valence electrons. The summed E-state index contributed by atoms with van der Waals surface area (Å²) in [6, 6.07) is 0. The van der Waals surface area contributed by atoms with Crippen LogP contribution in [0.15, 0.2) is 29.5 Å². The van der Waals surface area contributed by atoms with Crippen LogP contribution in [0.2, 0.25) is 0 Å². The van der Waals surface area contributed by atoms with E-state index in [0.29, 0.717) is 0 Å². The van der Waals surface area contributed by atoms with Crippen molar-refractivity contribution in [1.82, 2.24) is 4.90 Å². The molecule has 3 heteroatoms. The van der Waals surface area contributed by atoms with Crippen LogP contribution in [0.5, 0.6) is 0 Å². The summed E-state index contributed by atoms with van der Waals surface area (Å²) in [7, 11) is 0. The number of likely N-dealkylation sites (tertiary alicyclic amines) is 1. The number of halogens is 1. The van der Waals surface area contributed by atoms with Crippen molar-refractivity contribution in [3.05, 3.63) is 24.6 Å². The lowest BCUT2D eigenvalue weighted by molar-refractivity contribution is 0.407. The molecule has 0 aromatic rings. The number of rotatable bonds is 5. The maximum atomic E-state index is 4.48. The molecule has 1 rings (SSSR count). The van der Waals surface area contributed by atoms with Gasteiger partial charge in [-0.3, -0.25) is 0 Å². The number of nitrogens with zero attached hydrogens (tertiary/aromatic N) is 2. The van der Waals surface area contributed by atoms with Crippen LogP contribution in [-0.4, -0.2) is 29.5 Å². The second-order valence-corrected chi connectivity index (χ2v) is 4.68. The van der Waals surface area contributed by atoms with E-state index in [1.165, 1.54) is 6.42 Å². The second-order valence-electron chi connectivity index (χ2n) is 3.89. The van der Waals surface area contributed by atoms with Crippen molar-refractivity contribution in [2.45, 2.75) is 19.8 Å². The van der Waals surface area contributed by atoms with Gasteiger partial charge < -0.3 is 4.90 Å². The minimum atomic E-state index is 0.782. The normalized spacial score (nSPS) is 22.7. The van der Waals surface area contributed by atoms with Crippen molar-refractivity contribution in [3.8, 4) is 0 Å². The van der Waals surface area contributed by atoms with Gasteiger partial charge in [0.15, 0.2) is 0 Å². The Morgan fingerprint density at radius 1 is 1.67 bits per heavy atom. The first-order valence-electron chi connectivity index (χ1n) is 5.44. The lowest BCUT2D eigenvalue weighted by atomic mass is 10.2. The lowest BCUT2D eigenvalue weighted by Crippen LogP contribution is -2.18. The molecule has 0 aliphatic carbocycles. The van der Waals surface area contributed by atoms with Crippen molar-refractivity contribution in [3.63, 3.8) is 0 Å². The molecule has 1 aliphatic rings. The Kier molecular flexibility index (Phi) is 5.69. The van der Waals surface area contributed by atoms with Gasteiger partial charge in [-0.05, 0) is 24.8 Å². The summed E-state index contributed by atoms with van der Waals surface area (Å²) < 4.78 is 0. The Balaban J connectivity index is 2.58. The van der Waals surface area contributed by atoms with Gasteiger partial charge in [-0.15, -0.1) is 0 Å². The van der Waals surface area contributed by atoms with Gasteiger partial charge in [0, 0.05) is 24.6 Å². The van der Waals surface area contributed by atoms with Crippen LogP contribution in [-0.2, 0) is 0 Å². The van der Waals surface area contributed by atoms with E-state index in [9.17, 15) is 0 Å². The highest BCUT2D eigenvalue weighted by Gasteiger charge is 2.19. The molecule has 1 saturated heterocycles. The summed E-state index contributed by atoms with van der Waals surface area (Å²) in [4.78, 5) is 6.81. The van der Waals surface area contributed by atoms with Crippen molar-refractivity contribution >= 4 is 22.1 Å². The van der Waals surface area contributed by atoms with Gasteiger partial charge in [-0.1, -0.05) is 35.5 Å². The summed E-state index contributed by atoms with van der Waals surface area (Å²) in [5, 5.41) is 0.967. The fraction of sp³-hybridized carbons (Fsp3) is 0.583. The predicted octanol–water partition coefficient (Wildman–Crippen LogP) is 3.21. The van der Waals surface area contributed by atoms with E-state index in [0.717, 1.165) is 36.6 Å². The van der Waals surface area contributed by atoms with Crippen LogP contribution >= 0.6 is 15.9 Å². The smallest absolute Gasteiger partial charge is 0.128 e. The maximum absolute atomic E-state index is 4.48. The molecule has 1 atom stereocenters. The fourth-order valence-electron chi connectivity index (χ4n) is 1.69. The first kappa shape index (κ1) is 12.5. The van der Waals surface area contributed by atoms with Crippen LogP contribution in [0.1, 0.15) is 19.8 Å². The maximum Gasteiger partial charge on any atom is 0.128 e. The fourth-order valence-corrected chi connectivity index (χ4v) is 1.89. The minimum Gasteiger partial charge on any atom is -0.356 e. The first-order chi connectivity index (χ1) is 7.27. The van der Waals surface area contributed by atoms with Crippen LogP contribution in [0.3, 0.4) is 0 Å². The number of allylic oxidation sites excluding steroid dienone is 2. The number of alkyl halides is 1. The minimum absolute atomic E-state index is 0.782. The molecule has 0 spiro atoms. The second kappa shape index (κ2) is 6.83. The van der Waals surface area contributed by atoms with E-state index in [4.69, 9.17) is 0 Å². The van der Waals surface area contributed by atoms with Gasteiger partial charge >= 0.3 is 0 Å². The largest absolute Gasteiger partial charge is 0.356 e. The van der Waals surface area contributed by atoms with Gasteiger partial charge in [0.05, 0.1) is 0 Å². The average molecular weight is 271 g/mol. The predicted molar refractivity (Wildman–Crippen MR) is 70.5 cm³/mol. The van der Waals surface area contributed by atoms with Gasteiger partial charge in [0.1, 0.15) is 5.82 Å².